The quantitative estimate of drug-likeness (QED) is 0.748. The molecule has 0 saturated carbocycles. The Bertz CT molecular complexity index is 832. The summed E-state index contributed by atoms with van der Waals surface area (Å²) in [7, 11) is 0. The summed E-state index contributed by atoms with van der Waals surface area (Å²) in [6, 6.07) is 20.5. The fraction of sp³-hybridized carbons (Fsp3) is 0.304. The van der Waals surface area contributed by atoms with Crippen LogP contribution in [0.15, 0.2) is 48.5 Å². The summed E-state index contributed by atoms with van der Waals surface area (Å²) >= 11 is 0. The molecule has 6 nitrogen and oxygen atoms in total. The molecular formula is C23H26N2O4. The van der Waals surface area contributed by atoms with Crippen molar-refractivity contribution in [2.75, 3.05) is 0 Å². The molecule has 29 heavy (non-hydrogen) atoms. The van der Waals surface area contributed by atoms with Crippen LogP contribution in [0.25, 0.3) is 0 Å². The minimum Gasteiger partial charge on any atom is -0.198 e. The Kier molecular flexibility index (Phi) is 18.1. The van der Waals surface area contributed by atoms with E-state index in [4.69, 9.17) is 29.7 Å². The highest BCUT2D eigenvalue weighted by molar-refractivity contribution is 5.32. The third kappa shape index (κ3) is 15.0. The molecule has 0 bridgehead atoms. The first-order valence-corrected chi connectivity index (χ1v) is 8.11. The van der Waals surface area contributed by atoms with Crippen LogP contribution in [0.3, 0.4) is 0 Å². The van der Waals surface area contributed by atoms with Crippen LogP contribution in [0, 0.1) is 36.5 Å². The van der Waals surface area contributed by atoms with Crippen molar-refractivity contribution in [3.05, 3.63) is 70.8 Å². The second-order valence-electron chi connectivity index (χ2n) is 6.09. The molecule has 0 amide bonds. The normalized spacial score (nSPS) is 8.07. The maximum Gasteiger partial charge on any atom is 0.373 e. The maximum atomic E-state index is 8.87. The largest absolute Gasteiger partial charge is 0.373 e. The molecule has 0 atom stereocenters. The molecule has 2 rings (SSSR count). The van der Waals surface area contributed by atoms with E-state index in [0.717, 1.165) is 11.1 Å². The smallest absolute Gasteiger partial charge is 0.198 e. The first-order chi connectivity index (χ1) is 13.2. The molecule has 0 fully saturated rings. The Morgan fingerprint density at radius 1 is 0.759 bits per heavy atom. The van der Waals surface area contributed by atoms with Gasteiger partial charge in [0.05, 0.1) is 24.0 Å². The highest BCUT2D eigenvalue weighted by atomic mass is 16.2. The van der Waals surface area contributed by atoms with E-state index < -0.39 is 0 Å². The van der Waals surface area contributed by atoms with Gasteiger partial charge in [0.1, 0.15) is 0 Å². The van der Waals surface area contributed by atoms with Crippen molar-refractivity contribution in [3.8, 4) is 12.1 Å². The van der Waals surface area contributed by atoms with E-state index in [9.17, 15) is 0 Å². The number of nitriles is 2. The summed E-state index contributed by atoms with van der Waals surface area (Å²) in [5.41, 5.74) is 4.27. The van der Waals surface area contributed by atoms with Crippen molar-refractivity contribution in [3.63, 3.8) is 0 Å². The topological polar surface area (TPSA) is 116 Å². The zero-order valence-corrected chi connectivity index (χ0v) is 16.4. The fourth-order valence-electron chi connectivity index (χ4n) is 1.83. The van der Waals surface area contributed by atoms with Crippen LogP contribution in [0.4, 0.5) is 0 Å². The zero-order valence-electron chi connectivity index (χ0n) is 16.4. The summed E-state index contributed by atoms with van der Waals surface area (Å²) in [5, 5.41) is 17.2. The van der Waals surface area contributed by atoms with Gasteiger partial charge >= 0.3 is 12.3 Å². The lowest BCUT2D eigenvalue weighted by Crippen LogP contribution is -2.13. The molecule has 0 radical (unpaired) electrons. The summed E-state index contributed by atoms with van der Waals surface area (Å²) < 4.78 is 0. The van der Waals surface area contributed by atoms with Crippen molar-refractivity contribution in [1.82, 2.24) is 0 Å². The summed E-state index contributed by atoms with van der Waals surface area (Å²) in [5.74, 6) is 0. The van der Waals surface area contributed by atoms with E-state index in [1.807, 2.05) is 76.2 Å². The van der Waals surface area contributed by atoms with Crippen molar-refractivity contribution in [1.29, 1.82) is 10.5 Å². The fourth-order valence-corrected chi connectivity index (χ4v) is 1.83. The van der Waals surface area contributed by atoms with Crippen LogP contribution < -0.4 is 0 Å². The molecule has 0 saturated heterocycles. The van der Waals surface area contributed by atoms with Gasteiger partial charge in [-0.25, -0.2) is 0 Å². The van der Waals surface area contributed by atoms with Gasteiger partial charge in [0, 0.05) is 0 Å². The molecule has 2 aromatic carbocycles. The highest BCUT2D eigenvalue weighted by Crippen LogP contribution is 2.21. The van der Waals surface area contributed by atoms with Crippen molar-refractivity contribution in [2.45, 2.75) is 47.0 Å². The van der Waals surface area contributed by atoms with Gasteiger partial charge in [-0.05, 0) is 38.8 Å². The molecule has 0 unspecified atom stereocenters. The molecule has 152 valence electrons. The summed E-state index contributed by atoms with van der Waals surface area (Å²) in [4.78, 5) is 32.5. The lowest BCUT2D eigenvalue weighted by molar-refractivity contribution is -0.193. The first-order valence-electron chi connectivity index (χ1n) is 8.11. The number of aryl methyl sites for hydroxylation is 2. The SMILES string of the molecule is C.Cc1ccc(C(C)(C)C#N)cc1.Cc1ccc(CC#N)cc1.O=C=O.O=C=O. The third-order valence-electron chi connectivity index (χ3n) is 3.46. The van der Waals surface area contributed by atoms with Gasteiger partial charge in [-0.1, -0.05) is 67.1 Å². The van der Waals surface area contributed by atoms with E-state index in [0.29, 0.717) is 6.42 Å². The van der Waals surface area contributed by atoms with Gasteiger partial charge in [0.25, 0.3) is 0 Å². The lowest BCUT2D eigenvalue weighted by Gasteiger charge is -2.15. The van der Waals surface area contributed by atoms with E-state index in [2.05, 4.69) is 12.1 Å². The molecule has 0 spiro atoms. The predicted molar refractivity (Wildman–Crippen MR) is 107 cm³/mol. The molecule has 0 N–H and O–H groups in total. The van der Waals surface area contributed by atoms with Crippen molar-refractivity contribution in [2.24, 2.45) is 0 Å². The second kappa shape index (κ2) is 17.6. The number of nitrogens with zero attached hydrogens (tertiary/aromatic N) is 2. The number of carbonyl (C=O) groups excluding carboxylic acids is 4. The average molecular weight is 394 g/mol. The molecule has 0 aliphatic heterocycles. The third-order valence-corrected chi connectivity index (χ3v) is 3.46. The van der Waals surface area contributed by atoms with Gasteiger partial charge in [-0.15, -0.1) is 0 Å². The maximum absolute atomic E-state index is 8.87. The van der Waals surface area contributed by atoms with Crippen LogP contribution in [0.1, 0.15) is 43.5 Å². The Morgan fingerprint density at radius 2 is 1.10 bits per heavy atom. The molecular weight excluding hydrogens is 368 g/mol. The molecule has 0 aromatic heterocycles. The highest BCUT2D eigenvalue weighted by Gasteiger charge is 2.18. The van der Waals surface area contributed by atoms with Gasteiger partial charge in [-0.2, -0.15) is 29.7 Å². The van der Waals surface area contributed by atoms with Crippen LogP contribution >= 0.6 is 0 Å². The number of hydrogen-bond donors (Lipinski definition) is 0. The Balaban J connectivity index is -0.000000360. The Morgan fingerprint density at radius 3 is 1.41 bits per heavy atom. The molecule has 0 heterocycles. The van der Waals surface area contributed by atoms with Gasteiger partial charge in [0.15, 0.2) is 0 Å². The standard InChI is InChI=1S/C11H13N.C9H9N.2CO2.CH4/c1-9-4-6-10(7-5-9)11(2,3)8-12;1-8-2-4-9(5-3-8)6-7-10;2*2-1-3;/h4-7H,1-3H3;2-5H,6H2,1H3;;;1H4. The Labute approximate surface area is 172 Å². The second-order valence-corrected chi connectivity index (χ2v) is 6.09. The minimum atomic E-state index is -0.367. The number of hydrogen-bond acceptors (Lipinski definition) is 6. The Hall–Kier alpha value is -3.82. The van der Waals surface area contributed by atoms with Gasteiger partial charge in [0.2, 0.25) is 0 Å². The summed E-state index contributed by atoms with van der Waals surface area (Å²) in [6.07, 6.45) is 1.01. The number of rotatable bonds is 2. The predicted octanol–water partition coefficient (Wildman–Crippen LogP) is 4.33. The first kappa shape index (κ1) is 29.9. The van der Waals surface area contributed by atoms with Gasteiger partial charge in [-0.3, -0.25) is 0 Å². The van der Waals surface area contributed by atoms with E-state index in [-0.39, 0.29) is 25.1 Å². The van der Waals surface area contributed by atoms with E-state index >= 15 is 0 Å². The van der Waals surface area contributed by atoms with Crippen LogP contribution in [0.2, 0.25) is 0 Å². The van der Waals surface area contributed by atoms with Crippen molar-refractivity contribution < 1.29 is 19.2 Å². The molecule has 0 aliphatic rings. The van der Waals surface area contributed by atoms with Crippen LogP contribution in [-0.4, -0.2) is 12.3 Å². The zero-order chi connectivity index (χ0) is 22.0. The number of benzene rings is 2. The van der Waals surface area contributed by atoms with E-state index in [1.165, 1.54) is 11.1 Å². The minimum absolute atomic E-state index is 0. The summed E-state index contributed by atoms with van der Waals surface area (Å²) in [6.45, 7) is 7.94. The molecule has 2 aromatic rings. The van der Waals surface area contributed by atoms with Crippen molar-refractivity contribution >= 4 is 12.3 Å². The molecule has 6 heteroatoms. The van der Waals surface area contributed by atoms with E-state index in [1.54, 1.807) is 0 Å². The average Bonchev–Trinajstić information content (AvgIpc) is 2.66. The van der Waals surface area contributed by atoms with Gasteiger partial charge < -0.3 is 0 Å². The monoisotopic (exact) mass is 394 g/mol. The van der Waals surface area contributed by atoms with Crippen LogP contribution in [-0.2, 0) is 31.0 Å². The van der Waals surface area contributed by atoms with Crippen LogP contribution in [0.5, 0.6) is 0 Å². The lowest BCUT2D eigenvalue weighted by atomic mass is 9.86. The molecule has 0 aliphatic carbocycles.